The molecule has 0 aromatic rings. The molecule has 0 aliphatic carbocycles. The van der Waals surface area contributed by atoms with E-state index in [1.165, 1.54) is 18.4 Å². The van der Waals surface area contributed by atoms with E-state index in [9.17, 15) is 0 Å². The van der Waals surface area contributed by atoms with E-state index in [-0.39, 0.29) is 5.41 Å². The molecule has 0 aromatic heterocycles. The van der Waals surface area contributed by atoms with Crippen LogP contribution in [0.4, 0.5) is 0 Å². The Kier molecular flexibility index (Phi) is 6.06. The second-order valence-corrected chi connectivity index (χ2v) is 4.57. The molecule has 0 saturated carbocycles. The number of allylic oxidation sites excluding steroid dienone is 1. The van der Waals surface area contributed by atoms with Crippen LogP contribution in [0.25, 0.3) is 0 Å². The SMILES string of the molecule is CCCCOCC=C(C)C(C)(C)C. The van der Waals surface area contributed by atoms with Gasteiger partial charge in [0, 0.05) is 6.61 Å². The Labute approximate surface area is 83.2 Å². The summed E-state index contributed by atoms with van der Waals surface area (Å²) < 4.78 is 5.46. The average Bonchev–Trinajstić information content (AvgIpc) is 2.02. The lowest BCUT2D eigenvalue weighted by Crippen LogP contribution is -2.07. The molecular formula is C12H24O. The maximum atomic E-state index is 5.46. The molecule has 0 amide bonds. The molecule has 0 saturated heterocycles. The van der Waals surface area contributed by atoms with Crippen molar-refractivity contribution in [1.82, 2.24) is 0 Å². The zero-order chi connectivity index (χ0) is 10.3. The fourth-order valence-corrected chi connectivity index (χ4v) is 0.820. The minimum absolute atomic E-state index is 0.286. The van der Waals surface area contributed by atoms with E-state index in [2.05, 4.69) is 40.7 Å². The van der Waals surface area contributed by atoms with Crippen LogP contribution < -0.4 is 0 Å². The van der Waals surface area contributed by atoms with E-state index in [4.69, 9.17) is 4.74 Å². The predicted molar refractivity (Wildman–Crippen MR) is 58.9 cm³/mol. The van der Waals surface area contributed by atoms with Gasteiger partial charge in [-0.2, -0.15) is 0 Å². The first-order valence-electron chi connectivity index (χ1n) is 5.23. The highest BCUT2D eigenvalue weighted by Crippen LogP contribution is 2.23. The molecule has 0 heterocycles. The van der Waals surface area contributed by atoms with E-state index < -0.39 is 0 Å². The topological polar surface area (TPSA) is 9.23 Å². The molecule has 0 radical (unpaired) electrons. The van der Waals surface area contributed by atoms with Crippen molar-refractivity contribution in [3.05, 3.63) is 11.6 Å². The maximum Gasteiger partial charge on any atom is 0.0650 e. The molecule has 0 aromatic carbocycles. The molecule has 13 heavy (non-hydrogen) atoms. The third-order valence-electron chi connectivity index (χ3n) is 2.33. The van der Waals surface area contributed by atoms with Crippen LogP contribution >= 0.6 is 0 Å². The Morgan fingerprint density at radius 1 is 1.31 bits per heavy atom. The van der Waals surface area contributed by atoms with Gasteiger partial charge in [0.2, 0.25) is 0 Å². The maximum absolute atomic E-state index is 5.46. The van der Waals surface area contributed by atoms with Crippen molar-refractivity contribution < 1.29 is 4.74 Å². The zero-order valence-electron chi connectivity index (χ0n) is 9.81. The first-order valence-corrected chi connectivity index (χ1v) is 5.23. The first-order chi connectivity index (χ1) is 5.98. The van der Waals surface area contributed by atoms with Gasteiger partial charge in [0.15, 0.2) is 0 Å². The summed E-state index contributed by atoms with van der Waals surface area (Å²) in [7, 11) is 0. The Morgan fingerprint density at radius 3 is 2.38 bits per heavy atom. The Hall–Kier alpha value is -0.300. The number of ether oxygens (including phenoxy) is 1. The Bertz CT molecular complexity index is 151. The van der Waals surface area contributed by atoms with E-state index in [1.807, 2.05) is 0 Å². The van der Waals surface area contributed by atoms with Crippen molar-refractivity contribution in [3.63, 3.8) is 0 Å². The van der Waals surface area contributed by atoms with E-state index in [1.54, 1.807) is 0 Å². The molecular weight excluding hydrogens is 160 g/mol. The van der Waals surface area contributed by atoms with Crippen molar-refractivity contribution in [2.75, 3.05) is 13.2 Å². The third-order valence-corrected chi connectivity index (χ3v) is 2.33. The van der Waals surface area contributed by atoms with Gasteiger partial charge in [-0.05, 0) is 18.8 Å². The lowest BCUT2D eigenvalue weighted by atomic mass is 9.87. The summed E-state index contributed by atoms with van der Waals surface area (Å²) in [5.41, 5.74) is 1.69. The molecule has 1 nitrogen and oxygen atoms in total. The van der Waals surface area contributed by atoms with Crippen molar-refractivity contribution in [2.45, 2.75) is 47.5 Å². The van der Waals surface area contributed by atoms with Gasteiger partial charge >= 0.3 is 0 Å². The van der Waals surface area contributed by atoms with Gasteiger partial charge in [0.1, 0.15) is 0 Å². The fraction of sp³-hybridized carbons (Fsp3) is 0.833. The van der Waals surface area contributed by atoms with E-state index >= 15 is 0 Å². The number of hydrogen-bond donors (Lipinski definition) is 0. The number of rotatable bonds is 5. The summed E-state index contributed by atoms with van der Waals surface area (Å²) in [6.07, 6.45) is 4.57. The summed E-state index contributed by atoms with van der Waals surface area (Å²) in [6, 6.07) is 0. The van der Waals surface area contributed by atoms with Crippen molar-refractivity contribution in [3.8, 4) is 0 Å². The molecule has 0 bridgehead atoms. The molecule has 1 heteroatoms. The largest absolute Gasteiger partial charge is 0.377 e. The Morgan fingerprint density at radius 2 is 1.92 bits per heavy atom. The van der Waals surface area contributed by atoms with Crippen LogP contribution in [0.3, 0.4) is 0 Å². The predicted octanol–water partition coefficient (Wildman–Crippen LogP) is 3.80. The molecule has 0 rings (SSSR count). The molecule has 0 atom stereocenters. The van der Waals surface area contributed by atoms with Crippen LogP contribution in [0.1, 0.15) is 47.5 Å². The molecule has 0 aliphatic rings. The standard InChI is InChI=1S/C12H24O/c1-6-7-9-13-10-8-11(2)12(3,4)5/h8H,6-7,9-10H2,1-5H3. The Balaban J connectivity index is 3.60. The highest BCUT2D eigenvalue weighted by Gasteiger charge is 2.11. The second kappa shape index (κ2) is 6.20. The van der Waals surface area contributed by atoms with Gasteiger partial charge in [-0.3, -0.25) is 0 Å². The van der Waals surface area contributed by atoms with E-state index in [0.717, 1.165) is 13.2 Å². The monoisotopic (exact) mass is 184 g/mol. The lowest BCUT2D eigenvalue weighted by molar-refractivity contribution is 0.157. The van der Waals surface area contributed by atoms with Gasteiger partial charge in [-0.1, -0.05) is 45.8 Å². The van der Waals surface area contributed by atoms with Gasteiger partial charge in [-0.15, -0.1) is 0 Å². The quantitative estimate of drug-likeness (QED) is 0.466. The van der Waals surface area contributed by atoms with Crippen molar-refractivity contribution >= 4 is 0 Å². The van der Waals surface area contributed by atoms with Crippen LogP contribution in [0, 0.1) is 5.41 Å². The fourth-order valence-electron chi connectivity index (χ4n) is 0.820. The van der Waals surface area contributed by atoms with Crippen LogP contribution in [-0.4, -0.2) is 13.2 Å². The molecule has 0 fully saturated rings. The normalized spacial score (nSPS) is 13.5. The van der Waals surface area contributed by atoms with Crippen molar-refractivity contribution in [2.24, 2.45) is 5.41 Å². The minimum Gasteiger partial charge on any atom is -0.377 e. The van der Waals surface area contributed by atoms with Gasteiger partial charge in [-0.25, -0.2) is 0 Å². The molecule has 0 unspecified atom stereocenters. The van der Waals surface area contributed by atoms with Crippen molar-refractivity contribution in [1.29, 1.82) is 0 Å². The summed E-state index contributed by atoms with van der Waals surface area (Å²) in [4.78, 5) is 0. The average molecular weight is 184 g/mol. The molecule has 0 aliphatic heterocycles. The molecule has 0 spiro atoms. The lowest BCUT2D eigenvalue weighted by Gasteiger charge is -2.19. The summed E-state index contributed by atoms with van der Waals surface area (Å²) in [5.74, 6) is 0. The molecule has 0 N–H and O–H groups in total. The molecule has 78 valence electrons. The highest BCUT2D eigenvalue weighted by molar-refractivity contribution is 5.07. The number of unbranched alkanes of at least 4 members (excludes halogenated alkanes) is 1. The first kappa shape index (κ1) is 12.7. The second-order valence-electron chi connectivity index (χ2n) is 4.57. The summed E-state index contributed by atoms with van der Waals surface area (Å²) in [6.45, 7) is 12.7. The highest BCUT2D eigenvalue weighted by atomic mass is 16.5. The zero-order valence-corrected chi connectivity index (χ0v) is 9.81. The summed E-state index contributed by atoms with van der Waals surface area (Å²) >= 11 is 0. The minimum atomic E-state index is 0.286. The van der Waals surface area contributed by atoms with E-state index in [0.29, 0.717) is 0 Å². The smallest absolute Gasteiger partial charge is 0.0650 e. The van der Waals surface area contributed by atoms with Gasteiger partial charge in [0.05, 0.1) is 6.61 Å². The summed E-state index contributed by atoms with van der Waals surface area (Å²) in [5, 5.41) is 0. The third kappa shape index (κ3) is 6.83. The number of hydrogen-bond acceptors (Lipinski definition) is 1. The van der Waals surface area contributed by atoms with Crippen LogP contribution in [0.5, 0.6) is 0 Å². The van der Waals surface area contributed by atoms with Crippen LogP contribution in [0.15, 0.2) is 11.6 Å². The van der Waals surface area contributed by atoms with Gasteiger partial charge in [0.25, 0.3) is 0 Å². The van der Waals surface area contributed by atoms with Crippen LogP contribution in [0.2, 0.25) is 0 Å². The van der Waals surface area contributed by atoms with Crippen LogP contribution in [-0.2, 0) is 4.74 Å². The van der Waals surface area contributed by atoms with Gasteiger partial charge < -0.3 is 4.74 Å².